The maximum Gasteiger partial charge on any atom is 0.0455 e. The molecule has 1 aromatic carbocycles. The second-order valence-electron chi connectivity index (χ2n) is 7.36. The minimum absolute atomic E-state index is 0.170. The quantitative estimate of drug-likeness (QED) is 0.670. The molecule has 0 saturated heterocycles. The standard InChI is InChI=1S/C18H25N/c1-17(2,3)14-11-15(18(4,5)6)13-16(12-14)19-9-7-8-10-19/h7-13H,1-6H3. The van der Waals surface area contributed by atoms with Gasteiger partial charge >= 0.3 is 0 Å². The smallest absolute Gasteiger partial charge is 0.0455 e. The summed E-state index contributed by atoms with van der Waals surface area (Å²) >= 11 is 0. The van der Waals surface area contributed by atoms with Gasteiger partial charge in [-0.05, 0) is 46.2 Å². The highest BCUT2D eigenvalue weighted by Gasteiger charge is 2.20. The van der Waals surface area contributed by atoms with E-state index in [1.165, 1.54) is 16.8 Å². The van der Waals surface area contributed by atoms with E-state index in [0.717, 1.165) is 0 Å². The molecule has 0 saturated carbocycles. The molecule has 0 aliphatic heterocycles. The minimum atomic E-state index is 0.170. The van der Waals surface area contributed by atoms with E-state index in [0.29, 0.717) is 0 Å². The molecule has 0 aliphatic rings. The Balaban J connectivity index is 2.62. The van der Waals surface area contributed by atoms with Crippen LogP contribution in [0.5, 0.6) is 0 Å². The summed E-state index contributed by atoms with van der Waals surface area (Å²) in [4.78, 5) is 0. The van der Waals surface area contributed by atoms with Crippen LogP contribution in [-0.4, -0.2) is 4.57 Å². The van der Waals surface area contributed by atoms with E-state index in [-0.39, 0.29) is 10.8 Å². The molecule has 2 aromatic rings. The first-order valence-electron chi connectivity index (χ1n) is 6.97. The molecule has 2 rings (SSSR count). The maximum absolute atomic E-state index is 2.35. The topological polar surface area (TPSA) is 4.93 Å². The van der Waals surface area contributed by atoms with Gasteiger partial charge < -0.3 is 4.57 Å². The summed E-state index contributed by atoms with van der Waals surface area (Å²) in [6, 6.07) is 11.1. The van der Waals surface area contributed by atoms with E-state index in [4.69, 9.17) is 0 Å². The fraction of sp³-hybridized carbons (Fsp3) is 0.444. The van der Waals surface area contributed by atoms with Gasteiger partial charge in [0.25, 0.3) is 0 Å². The van der Waals surface area contributed by atoms with Crippen LogP contribution in [0.3, 0.4) is 0 Å². The largest absolute Gasteiger partial charge is 0.324 e. The average Bonchev–Trinajstić information content (AvgIpc) is 2.79. The summed E-state index contributed by atoms with van der Waals surface area (Å²) in [7, 11) is 0. The van der Waals surface area contributed by atoms with Gasteiger partial charge in [0, 0.05) is 18.1 Å². The van der Waals surface area contributed by atoms with Crippen molar-refractivity contribution in [2.75, 3.05) is 0 Å². The van der Waals surface area contributed by atoms with Gasteiger partial charge in [0.2, 0.25) is 0 Å². The fourth-order valence-corrected chi connectivity index (χ4v) is 2.13. The van der Waals surface area contributed by atoms with E-state index < -0.39 is 0 Å². The normalized spacial score (nSPS) is 12.7. The monoisotopic (exact) mass is 255 g/mol. The molecule has 1 nitrogen and oxygen atoms in total. The first-order valence-corrected chi connectivity index (χ1v) is 6.97. The average molecular weight is 255 g/mol. The van der Waals surface area contributed by atoms with E-state index in [1.807, 2.05) is 0 Å². The Morgan fingerprint density at radius 2 is 1.11 bits per heavy atom. The summed E-state index contributed by atoms with van der Waals surface area (Å²) in [6.07, 6.45) is 4.21. The molecule has 1 heteroatoms. The number of benzene rings is 1. The highest BCUT2D eigenvalue weighted by Crippen LogP contribution is 2.31. The fourth-order valence-electron chi connectivity index (χ4n) is 2.13. The maximum atomic E-state index is 2.35. The second-order valence-corrected chi connectivity index (χ2v) is 7.36. The Kier molecular flexibility index (Phi) is 3.34. The molecule has 0 aliphatic carbocycles. The van der Waals surface area contributed by atoms with Gasteiger partial charge in [-0.25, -0.2) is 0 Å². The molecular formula is C18H25N. The second kappa shape index (κ2) is 4.56. The number of aromatic nitrogens is 1. The zero-order chi connectivity index (χ0) is 14.3. The van der Waals surface area contributed by atoms with E-state index in [1.54, 1.807) is 0 Å². The van der Waals surface area contributed by atoms with Crippen molar-refractivity contribution in [1.29, 1.82) is 0 Å². The summed E-state index contributed by atoms with van der Waals surface area (Å²) in [5.74, 6) is 0. The van der Waals surface area contributed by atoms with Gasteiger partial charge in [0.1, 0.15) is 0 Å². The first-order chi connectivity index (χ1) is 8.68. The van der Waals surface area contributed by atoms with Crippen LogP contribution in [0.4, 0.5) is 0 Å². The van der Waals surface area contributed by atoms with Crippen LogP contribution in [0.25, 0.3) is 5.69 Å². The minimum Gasteiger partial charge on any atom is -0.324 e. The molecule has 102 valence electrons. The Hall–Kier alpha value is -1.50. The summed E-state index contributed by atoms with van der Waals surface area (Å²) in [5, 5.41) is 0. The lowest BCUT2D eigenvalue weighted by molar-refractivity contribution is 0.567. The molecule has 19 heavy (non-hydrogen) atoms. The summed E-state index contributed by atoms with van der Waals surface area (Å²) < 4.78 is 2.18. The zero-order valence-electron chi connectivity index (χ0n) is 13.0. The van der Waals surface area contributed by atoms with Crippen molar-refractivity contribution in [1.82, 2.24) is 4.57 Å². The van der Waals surface area contributed by atoms with Crippen LogP contribution in [-0.2, 0) is 10.8 Å². The van der Waals surface area contributed by atoms with Gasteiger partial charge in [0.15, 0.2) is 0 Å². The lowest BCUT2D eigenvalue weighted by Gasteiger charge is -2.26. The Labute approximate surface area is 117 Å². The third-order valence-electron chi connectivity index (χ3n) is 3.55. The van der Waals surface area contributed by atoms with Crippen LogP contribution in [0.15, 0.2) is 42.7 Å². The molecule has 1 aromatic heterocycles. The predicted molar refractivity (Wildman–Crippen MR) is 83.2 cm³/mol. The van der Waals surface area contributed by atoms with E-state index in [9.17, 15) is 0 Å². The molecular weight excluding hydrogens is 230 g/mol. The molecule has 0 spiro atoms. The third kappa shape index (κ3) is 3.09. The zero-order valence-corrected chi connectivity index (χ0v) is 13.0. The third-order valence-corrected chi connectivity index (χ3v) is 3.55. The van der Waals surface area contributed by atoms with Gasteiger partial charge in [0.05, 0.1) is 0 Å². The van der Waals surface area contributed by atoms with Gasteiger partial charge in [-0.1, -0.05) is 47.6 Å². The molecule has 0 amide bonds. The van der Waals surface area contributed by atoms with E-state index in [2.05, 4.69) is 88.8 Å². The molecule has 0 radical (unpaired) electrons. The van der Waals surface area contributed by atoms with Crippen molar-refractivity contribution in [3.8, 4) is 5.69 Å². The molecule has 0 fully saturated rings. The molecule has 0 atom stereocenters. The number of hydrogen-bond acceptors (Lipinski definition) is 0. The summed E-state index contributed by atoms with van der Waals surface area (Å²) in [5.41, 5.74) is 4.38. The highest BCUT2D eigenvalue weighted by atomic mass is 14.9. The van der Waals surface area contributed by atoms with Crippen molar-refractivity contribution < 1.29 is 0 Å². The Bertz CT molecular complexity index is 516. The van der Waals surface area contributed by atoms with Gasteiger partial charge in [-0.3, -0.25) is 0 Å². The van der Waals surface area contributed by atoms with Crippen LogP contribution in [0, 0.1) is 0 Å². The first kappa shape index (κ1) is 13.9. The van der Waals surface area contributed by atoms with Crippen LogP contribution in [0.2, 0.25) is 0 Å². The molecule has 0 bridgehead atoms. The van der Waals surface area contributed by atoms with Crippen LogP contribution < -0.4 is 0 Å². The van der Waals surface area contributed by atoms with Crippen molar-refractivity contribution in [3.63, 3.8) is 0 Å². The van der Waals surface area contributed by atoms with Crippen molar-refractivity contribution in [2.45, 2.75) is 52.4 Å². The van der Waals surface area contributed by atoms with Crippen LogP contribution in [0.1, 0.15) is 52.7 Å². The van der Waals surface area contributed by atoms with Gasteiger partial charge in [-0.15, -0.1) is 0 Å². The lowest BCUT2D eigenvalue weighted by atomic mass is 9.80. The van der Waals surface area contributed by atoms with Crippen LogP contribution >= 0.6 is 0 Å². The van der Waals surface area contributed by atoms with Crippen molar-refractivity contribution in [2.24, 2.45) is 0 Å². The molecule has 0 unspecified atom stereocenters. The lowest BCUT2D eigenvalue weighted by Crippen LogP contribution is -2.17. The number of rotatable bonds is 1. The van der Waals surface area contributed by atoms with Crippen molar-refractivity contribution >= 4 is 0 Å². The van der Waals surface area contributed by atoms with Gasteiger partial charge in [-0.2, -0.15) is 0 Å². The summed E-state index contributed by atoms with van der Waals surface area (Å²) in [6.45, 7) is 13.6. The number of nitrogens with zero attached hydrogens (tertiary/aromatic N) is 1. The van der Waals surface area contributed by atoms with Crippen molar-refractivity contribution in [3.05, 3.63) is 53.9 Å². The SMILES string of the molecule is CC(C)(C)c1cc(-n2cccc2)cc(C(C)(C)C)c1. The Morgan fingerprint density at radius 1 is 0.684 bits per heavy atom. The molecule has 0 N–H and O–H groups in total. The predicted octanol–water partition coefficient (Wildman–Crippen LogP) is 5.07. The van der Waals surface area contributed by atoms with E-state index >= 15 is 0 Å². The number of hydrogen-bond donors (Lipinski definition) is 0. The Morgan fingerprint density at radius 3 is 1.47 bits per heavy atom. The highest BCUT2D eigenvalue weighted by molar-refractivity contribution is 5.45. The molecule has 1 heterocycles.